The van der Waals surface area contributed by atoms with E-state index in [0.29, 0.717) is 6.04 Å². The Morgan fingerprint density at radius 1 is 1.24 bits per heavy atom. The van der Waals surface area contributed by atoms with E-state index in [9.17, 15) is 0 Å². The standard InChI is InChI=1S/C15H22N2/c1-12(13-6-3-2-4-7-13)17-10-14-8-5-9-16-15(14)11-17/h2-4,6-7,12,14-16H,5,8-11H2,1H3/t12?,14-,15+/m0/s1. The maximum absolute atomic E-state index is 3.68. The molecule has 0 aromatic heterocycles. The lowest BCUT2D eigenvalue weighted by Crippen LogP contribution is -2.40. The molecule has 1 unspecified atom stereocenters. The minimum Gasteiger partial charge on any atom is -0.312 e. The highest BCUT2D eigenvalue weighted by atomic mass is 15.2. The van der Waals surface area contributed by atoms with Crippen LogP contribution in [-0.4, -0.2) is 30.6 Å². The van der Waals surface area contributed by atoms with Crippen LogP contribution in [-0.2, 0) is 0 Å². The van der Waals surface area contributed by atoms with Crippen LogP contribution in [0.3, 0.4) is 0 Å². The van der Waals surface area contributed by atoms with Gasteiger partial charge >= 0.3 is 0 Å². The summed E-state index contributed by atoms with van der Waals surface area (Å²) in [6.45, 7) is 6.05. The highest BCUT2D eigenvalue weighted by molar-refractivity contribution is 5.19. The lowest BCUT2D eigenvalue weighted by atomic mass is 9.94. The zero-order valence-corrected chi connectivity index (χ0v) is 10.6. The minimum absolute atomic E-state index is 0.559. The summed E-state index contributed by atoms with van der Waals surface area (Å²) in [7, 11) is 0. The van der Waals surface area contributed by atoms with Gasteiger partial charge in [0, 0.05) is 25.2 Å². The number of piperidine rings is 1. The molecule has 1 aromatic rings. The molecule has 0 aliphatic carbocycles. The molecule has 17 heavy (non-hydrogen) atoms. The summed E-state index contributed by atoms with van der Waals surface area (Å²) < 4.78 is 0. The first kappa shape index (κ1) is 11.2. The van der Waals surface area contributed by atoms with Gasteiger partial charge in [0.05, 0.1) is 0 Å². The van der Waals surface area contributed by atoms with E-state index in [4.69, 9.17) is 0 Å². The molecule has 3 atom stereocenters. The van der Waals surface area contributed by atoms with Gasteiger partial charge in [0.2, 0.25) is 0 Å². The van der Waals surface area contributed by atoms with Crippen molar-refractivity contribution in [3.8, 4) is 0 Å². The van der Waals surface area contributed by atoms with Crippen molar-refractivity contribution >= 4 is 0 Å². The molecule has 2 heterocycles. The molecule has 0 radical (unpaired) electrons. The van der Waals surface area contributed by atoms with Crippen LogP contribution in [0.2, 0.25) is 0 Å². The van der Waals surface area contributed by atoms with E-state index in [2.05, 4.69) is 47.5 Å². The predicted octanol–water partition coefficient (Wildman–Crippen LogP) is 2.43. The minimum atomic E-state index is 0.559. The highest BCUT2D eigenvalue weighted by Gasteiger charge is 2.36. The first-order valence-electron chi connectivity index (χ1n) is 6.87. The molecule has 0 saturated carbocycles. The Bertz CT molecular complexity index is 348. The Morgan fingerprint density at radius 3 is 2.82 bits per heavy atom. The van der Waals surface area contributed by atoms with Gasteiger partial charge in [-0.25, -0.2) is 0 Å². The molecule has 0 bridgehead atoms. The number of fused-ring (bicyclic) bond motifs is 1. The maximum Gasteiger partial charge on any atom is 0.0320 e. The van der Waals surface area contributed by atoms with Gasteiger partial charge in [-0.05, 0) is 37.8 Å². The van der Waals surface area contributed by atoms with Crippen molar-refractivity contribution < 1.29 is 0 Å². The quantitative estimate of drug-likeness (QED) is 0.839. The lowest BCUT2D eigenvalue weighted by molar-refractivity contribution is 0.251. The van der Waals surface area contributed by atoms with Crippen molar-refractivity contribution in [3.05, 3.63) is 35.9 Å². The van der Waals surface area contributed by atoms with Gasteiger partial charge in [-0.1, -0.05) is 30.3 Å². The molecule has 2 saturated heterocycles. The highest BCUT2D eigenvalue weighted by Crippen LogP contribution is 2.31. The molecule has 0 spiro atoms. The number of benzene rings is 1. The van der Waals surface area contributed by atoms with Crippen molar-refractivity contribution in [2.24, 2.45) is 5.92 Å². The van der Waals surface area contributed by atoms with Gasteiger partial charge in [0.1, 0.15) is 0 Å². The van der Waals surface area contributed by atoms with Gasteiger partial charge in [0.15, 0.2) is 0 Å². The van der Waals surface area contributed by atoms with Gasteiger partial charge in [0.25, 0.3) is 0 Å². The molecule has 1 aromatic carbocycles. The largest absolute Gasteiger partial charge is 0.312 e. The van der Waals surface area contributed by atoms with Crippen molar-refractivity contribution in [3.63, 3.8) is 0 Å². The van der Waals surface area contributed by atoms with E-state index in [1.807, 2.05) is 0 Å². The van der Waals surface area contributed by atoms with Gasteiger partial charge in [-0.15, -0.1) is 0 Å². The second-order valence-corrected chi connectivity index (χ2v) is 5.50. The first-order valence-corrected chi connectivity index (χ1v) is 6.87. The Morgan fingerprint density at radius 2 is 2.06 bits per heavy atom. The summed E-state index contributed by atoms with van der Waals surface area (Å²) in [5, 5.41) is 3.68. The summed E-state index contributed by atoms with van der Waals surface area (Å²) in [6.07, 6.45) is 2.77. The van der Waals surface area contributed by atoms with E-state index < -0.39 is 0 Å². The fourth-order valence-electron chi connectivity index (χ4n) is 3.34. The van der Waals surface area contributed by atoms with Crippen LogP contribution >= 0.6 is 0 Å². The number of nitrogens with one attached hydrogen (secondary N) is 1. The third-order valence-corrected chi connectivity index (χ3v) is 4.46. The number of likely N-dealkylation sites (tertiary alicyclic amines) is 1. The maximum atomic E-state index is 3.68. The molecule has 2 aliphatic heterocycles. The van der Waals surface area contributed by atoms with Gasteiger partial charge in [-0.3, -0.25) is 4.90 Å². The van der Waals surface area contributed by atoms with Crippen LogP contribution in [0, 0.1) is 5.92 Å². The third-order valence-electron chi connectivity index (χ3n) is 4.46. The summed E-state index contributed by atoms with van der Waals surface area (Å²) in [5.74, 6) is 0.884. The van der Waals surface area contributed by atoms with Crippen LogP contribution in [0.5, 0.6) is 0 Å². The predicted molar refractivity (Wildman–Crippen MR) is 70.9 cm³/mol. The van der Waals surface area contributed by atoms with Gasteiger partial charge < -0.3 is 5.32 Å². The van der Waals surface area contributed by atoms with Crippen molar-refractivity contribution in [1.29, 1.82) is 0 Å². The normalized spacial score (nSPS) is 31.1. The molecule has 3 rings (SSSR count). The average molecular weight is 230 g/mol. The molecule has 0 amide bonds. The zero-order valence-electron chi connectivity index (χ0n) is 10.6. The smallest absolute Gasteiger partial charge is 0.0320 e. The van der Waals surface area contributed by atoms with E-state index in [0.717, 1.165) is 12.0 Å². The molecule has 2 heteroatoms. The molecule has 2 nitrogen and oxygen atoms in total. The third kappa shape index (κ3) is 2.24. The average Bonchev–Trinajstić information content (AvgIpc) is 2.82. The van der Waals surface area contributed by atoms with Crippen LogP contribution in [0.15, 0.2) is 30.3 Å². The van der Waals surface area contributed by atoms with Crippen molar-refractivity contribution in [2.45, 2.75) is 31.8 Å². The number of hydrogen-bond acceptors (Lipinski definition) is 2. The first-order chi connectivity index (χ1) is 8.34. The molecular weight excluding hydrogens is 208 g/mol. The lowest BCUT2D eigenvalue weighted by Gasteiger charge is -2.25. The van der Waals surface area contributed by atoms with Crippen molar-refractivity contribution in [1.82, 2.24) is 10.2 Å². The molecule has 92 valence electrons. The molecule has 1 N–H and O–H groups in total. The van der Waals surface area contributed by atoms with E-state index in [1.54, 1.807) is 0 Å². The van der Waals surface area contributed by atoms with Crippen LogP contribution in [0.1, 0.15) is 31.4 Å². The monoisotopic (exact) mass is 230 g/mol. The summed E-state index contributed by atoms with van der Waals surface area (Å²) in [5.41, 5.74) is 1.45. The fraction of sp³-hybridized carbons (Fsp3) is 0.600. The van der Waals surface area contributed by atoms with E-state index in [-0.39, 0.29) is 0 Å². The SMILES string of the molecule is CC(c1ccccc1)N1C[C@@H]2CCCN[C@@H]2C1. The van der Waals surface area contributed by atoms with Crippen LogP contribution in [0.25, 0.3) is 0 Å². The Hall–Kier alpha value is -0.860. The Labute approximate surface area is 104 Å². The summed E-state index contributed by atoms with van der Waals surface area (Å²) >= 11 is 0. The Kier molecular flexibility index (Phi) is 3.17. The fourth-order valence-corrected chi connectivity index (χ4v) is 3.34. The van der Waals surface area contributed by atoms with Crippen LogP contribution in [0.4, 0.5) is 0 Å². The number of hydrogen-bond donors (Lipinski definition) is 1. The van der Waals surface area contributed by atoms with Crippen LogP contribution < -0.4 is 5.32 Å². The summed E-state index contributed by atoms with van der Waals surface area (Å²) in [4.78, 5) is 2.64. The topological polar surface area (TPSA) is 15.3 Å². The van der Waals surface area contributed by atoms with E-state index in [1.165, 1.54) is 38.0 Å². The zero-order chi connectivity index (χ0) is 11.7. The number of nitrogens with zero attached hydrogens (tertiary/aromatic N) is 1. The van der Waals surface area contributed by atoms with E-state index >= 15 is 0 Å². The number of rotatable bonds is 2. The van der Waals surface area contributed by atoms with Crippen molar-refractivity contribution in [2.75, 3.05) is 19.6 Å². The molecule has 2 aliphatic rings. The molecule has 2 fully saturated rings. The second kappa shape index (κ2) is 4.79. The second-order valence-electron chi connectivity index (χ2n) is 5.50. The summed E-state index contributed by atoms with van der Waals surface area (Å²) in [6, 6.07) is 12.2. The Balaban J connectivity index is 1.70. The van der Waals surface area contributed by atoms with Gasteiger partial charge in [-0.2, -0.15) is 0 Å². The molecular formula is C15H22N2.